The Hall–Kier alpha value is -2.10. The standard InChI is InChI=1S/C18H22FNO2/c1-3-4-5-6-9-14-12-16(21)18(13-20(14)2)22-17-11-8-7-10-15(17)19/h7-8,10-13H,3-6,9H2,1-2H3. The third-order valence-electron chi connectivity index (χ3n) is 3.65. The lowest BCUT2D eigenvalue weighted by Crippen LogP contribution is -2.12. The Morgan fingerprint density at radius 2 is 1.91 bits per heavy atom. The largest absolute Gasteiger partial charge is 0.449 e. The van der Waals surface area contributed by atoms with E-state index in [-0.39, 0.29) is 16.9 Å². The minimum absolute atomic E-state index is 0.0651. The Balaban J connectivity index is 2.13. The predicted molar refractivity (Wildman–Crippen MR) is 86.0 cm³/mol. The van der Waals surface area contributed by atoms with Gasteiger partial charge in [-0.05, 0) is 25.0 Å². The molecule has 0 aliphatic carbocycles. The van der Waals surface area contributed by atoms with Crippen LogP contribution in [-0.2, 0) is 13.5 Å². The molecule has 0 fully saturated rings. The maximum atomic E-state index is 13.6. The lowest BCUT2D eigenvalue weighted by Gasteiger charge is -2.12. The van der Waals surface area contributed by atoms with Crippen molar-refractivity contribution >= 4 is 0 Å². The summed E-state index contributed by atoms with van der Waals surface area (Å²) in [6.45, 7) is 2.17. The van der Waals surface area contributed by atoms with Gasteiger partial charge in [-0.15, -0.1) is 0 Å². The maximum absolute atomic E-state index is 13.6. The average molecular weight is 303 g/mol. The van der Waals surface area contributed by atoms with Crippen LogP contribution in [0.15, 0.2) is 41.3 Å². The number of hydrogen-bond donors (Lipinski definition) is 0. The van der Waals surface area contributed by atoms with Gasteiger partial charge in [0.2, 0.25) is 5.43 Å². The summed E-state index contributed by atoms with van der Waals surface area (Å²) in [5, 5.41) is 0. The summed E-state index contributed by atoms with van der Waals surface area (Å²) >= 11 is 0. The van der Waals surface area contributed by atoms with Crippen molar-refractivity contribution in [2.45, 2.75) is 39.0 Å². The van der Waals surface area contributed by atoms with Gasteiger partial charge in [0, 0.05) is 18.8 Å². The molecule has 0 saturated heterocycles. The number of hydrogen-bond acceptors (Lipinski definition) is 2. The Labute approximate surface area is 130 Å². The Morgan fingerprint density at radius 1 is 1.14 bits per heavy atom. The number of ether oxygens (including phenoxy) is 1. The number of pyridine rings is 1. The number of unbranched alkanes of at least 4 members (excludes halogenated alkanes) is 3. The Kier molecular flexibility index (Phi) is 5.75. The molecule has 118 valence electrons. The van der Waals surface area contributed by atoms with Crippen LogP contribution < -0.4 is 10.2 Å². The molecule has 0 unspecified atom stereocenters. The van der Waals surface area contributed by atoms with Crippen LogP contribution in [0.4, 0.5) is 4.39 Å². The fourth-order valence-corrected chi connectivity index (χ4v) is 2.35. The summed E-state index contributed by atoms with van der Waals surface area (Å²) in [6, 6.07) is 7.65. The molecule has 0 saturated carbocycles. The molecule has 2 aromatic rings. The number of nitrogens with zero attached hydrogens (tertiary/aromatic N) is 1. The van der Waals surface area contributed by atoms with E-state index < -0.39 is 5.82 Å². The SMILES string of the molecule is CCCCCCc1cc(=O)c(Oc2ccccc2F)cn1C. The van der Waals surface area contributed by atoms with Crippen molar-refractivity contribution in [2.24, 2.45) is 7.05 Å². The Morgan fingerprint density at radius 3 is 2.64 bits per heavy atom. The smallest absolute Gasteiger partial charge is 0.224 e. The fourth-order valence-electron chi connectivity index (χ4n) is 2.35. The van der Waals surface area contributed by atoms with Gasteiger partial charge in [0.15, 0.2) is 17.3 Å². The van der Waals surface area contributed by atoms with E-state index in [1.807, 2.05) is 11.6 Å². The third kappa shape index (κ3) is 4.20. The maximum Gasteiger partial charge on any atom is 0.224 e. The minimum Gasteiger partial charge on any atom is -0.449 e. The predicted octanol–water partition coefficient (Wildman–Crippen LogP) is 4.44. The highest BCUT2D eigenvalue weighted by Crippen LogP contribution is 2.21. The van der Waals surface area contributed by atoms with E-state index in [4.69, 9.17) is 4.74 Å². The first-order chi connectivity index (χ1) is 10.6. The lowest BCUT2D eigenvalue weighted by atomic mass is 10.1. The molecule has 0 bridgehead atoms. The summed E-state index contributed by atoms with van der Waals surface area (Å²) in [5.74, 6) is -0.270. The second-order valence-corrected chi connectivity index (χ2v) is 5.45. The first kappa shape index (κ1) is 16.3. The summed E-state index contributed by atoms with van der Waals surface area (Å²) in [6.07, 6.45) is 7.12. The second-order valence-electron chi connectivity index (χ2n) is 5.45. The van der Waals surface area contributed by atoms with Gasteiger partial charge in [-0.25, -0.2) is 4.39 Å². The number of aryl methyl sites for hydroxylation is 2. The van der Waals surface area contributed by atoms with Gasteiger partial charge in [0.05, 0.1) is 6.20 Å². The summed E-state index contributed by atoms with van der Waals surface area (Å²) in [5.41, 5.74) is 0.758. The van der Waals surface area contributed by atoms with Gasteiger partial charge in [0.1, 0.15) is 0 Å². The van der Waals surface area contributed by atoms with Gasteiger partial charge in [0.25, 0.3) is 0 Å². The summed E-state index contributed by atoms with van der Waals surface area (Å²) in [7, 11) is 1.88. The molecule has 0 radical (unpaired) electrons. The Bertz CT molecular complexity index is 679. The van der Waals surface area contributed by atoms with Crippen molar-refractivity contribution in [3.05, 3.63) is 58.3 Å². The quantitative estimate of drug-likeness (QED) is 0.708. The zero-order valence-corrected chi connectivity index (χ0v) is 13.1. The summed E-state index contributed by atoms with van der Waals surface area (Å²) < 4.78 is 20.9. The normalized spacial score (nSPS) is 10.7. The lowest BCUT2D eigenvalue weighted by molar-refractivity contribution is 0.433. The van der Waals surface area contributed by atoms with Crippen molar-refractivity contribution in [2.75, 3.05) is 0 Å². The first-order valence-electron chi connectivity index (χ1n) is 7.73. The van der Waals surface area contributed by atoms with Gasteiger partial charge in [-0.2, -0.15) is 0 Å². The van der Waals surface area contributed by atoms with E-state index >= 15 is 0 Å². The highest BCUT2D eigenvalue weighted by molar-refractivity contribution is 5.31. The fraction of sp³-hybridized carbons (Fsp3) is 0.389. The van der Waals surface area contributed by atoms with Gasteiger partial charge >= 0.3 is 0 Å². The first-order valence-corrected chi connectivity index (χ1v) is 7.73. The van der Waals surface area contributed by atoms with Crippen LogP contribution in [0.5, 0.6) is 11.5 Å². The molecule has 1 aromatic heterocycles. The molecule has 22 heavy (non-hydrogen) atoms. The van der Waals surface area contributed by atoms with E-state index in [1.165, 1.54) is 25.0 Å². The van der Waals surface area contributed by atoms with E-state index in [0.29, 0.717) is 0 Å². The van der Waals surface area contributed by atoms with Crippen molar-refractivity contribution in [3.8, 4) is 11.5 Å². The van der Waals surface area contributed by atoms with E-state index in [9.17, 15) is 9.18 Å². The van der Waals surface area contributed by atoms with E-state index in [0.717, 1.165) is 25.0 Å². The van der Waals surface area contributed by atoms with Crippen molar-refractivity contribution in [1.29, 1.82) is 0 Å². The molecule has 0 spiro atoms. The van der Waals surface area contributed by atoms with E-state index in [2.05, 4.69) is 6.92 Å². The summed E-state index contributed by atoms with van der Waals surface area (Å²) in [4.78, 5) is 12.1. The third-order valence-corrected chi connectivity index (χ3v) is 3.65. The second kappa shape index (κ2) is 7.78. The van der Waals surface area contributed by atoms with Crippen molar-refractivity contribution in [3.63, 3.8) is 0 Å². The molecule has 0 aliphatic heterocycles. The molecule has 2 rings (SSSR count). The molecule has 0 N–H and O–H groups in total. The van der Waals surface area contributed by atoms with Crippen LogP contribution in [0.1, 0.15) is 38.3 Å². The molecule has 1 aromatic carbocycles. The van der Waals surface area contributed by atoms with Crippen LogP contribution in [0.2, 0.25) is 0 Å². The van der Waals surface area contributed by atoms with Crippen LogP contribution >= 0.6 is 0 Å². The van der Waals surface area contributed by atoms with Crippen LogP contribution in [0.3, 0.4) is 0 Å². The molecule has 4 heteroatoms. The zero-order valence-electron chi connectivity index (χ0n) is 13.1. The van der Waals surface area contributed by atoms with Crippen molar-refractivity contribution in [1.82, 2.24) is 4.57 Å². The number of halogens is 1. The highest BCUT2D eigenvalue weighted by atomic mass is 19.1. The van der Waals surface area contributed by atoms with E-state index in [1.54, 1.807) is 24.4 Å². The molecule has 3 nitrogen and oxygen atoms in total. The number of aromatic nitrogens is 1. The molecular formula is C18H22FNO2. The van der Waals surface area contributed by atoms with Crippen LogP contribution in [-0.4, -0.2) is 4.57 Å². The number of rotatable bonds is 7. The monoisotopic (exact) mass is 303 g/mol. The zero-order chi connectivity index (χ0) is 15.9. The minimum atomic E-state index is -0.479. The van der Waals surface area contributed by atoms with Crippen LogP contribution in [0.25, 0.3) is 0 Å². The van der Waals surface area contributed by atoms with Gasteiger partial charge < -0.3 is 9.30 Å². The molecular weight excluding hydrogens is 281 g/mol. The molecule has 1 heterocycles. The topological polar surface area (TPSA) is 31.2 Å². The van der Waals surface area contributed by atoms with Crippen LogP contribution in [0, 0.1) is 5.82 Å². The highest BCUT2D eigenvalue weighted by Gasteiger charge is 2.09. The van der Waals surface area contributed by atoms with Crippen molar-refractivity contribution < 1.29 is 9.13 Å². The average Bonchev–Trinajstić information content (AvgIpc) is 2.50. The van der Waals surface area contributed by atoms with Gasteiger partial charge in [-0.3, -0.25) is 4.79 Å². The molecule has 0 amide bonds. The number of benzene rings is 1. The molecule has 0 aliphatic rings. The molecule has 0 atom stereocenters. The number of para-hydroxylation sites is 1. The van der Waals surface area contributed by atoms with Gasteiger partial charge in [-0.1, -0.05) is 38.3 Å².